The summed E-state index contributed by atoms with van der Waals surface area (Å²) in [5.41, 5.74) is -0.268. The number of amides is 1. The van der Waals surface area contributed by atoms with Gasteiger partial charge in [-0.05, 0) is 37.5 Å². The van der Waals surface area contributed by atoms with Gasteiger partial charge in [-0.25, -0.2) is 4.98 Å². The summed E-state index contributed by atoms with van der Waals surface area (Å²) in [4.78, 5) is 16.9. The highest BCUT2D eigenvalue weighted by Gasteiger charge is 2.82. The Bertz CT molecular complexity index is 584. The van der Waals surface area contributed by atoms with Crippen LogP contribution < -0.4 is 5.32 Å². The molecule has 5 aliphatic rings. The summed E-state index contributed by atoms with van der Waals surface area (Å²) in [6.45, 7) is 0. The molecule has 5 saturated carbocycles. The standard InChI is InChI=1S/C13H15N3O2S/c17-9-6-3-7-8(9)13(7,4-6)11(18)15-12-14-10(16-19-12)5-1-2-5/h5-9,17H,1-4H2,(H,14,15,16,18)/t6-,7+,8?,9-,13+/m0/s1. The molecule has 1 amide bonds. The third kappa shape index (κ3) is 1.22. The maximum absolute atomic E-state index is 12.5. The Labute approximate surface area is 114 Å². The minimum absolute atomic E-state index is 0.0695. The van der Waals surface area contributed by atoms with Crippen molar-refractivity contribution in [1.82, 2.24) is 9.36 Å². The molecule has 4 bridgehead atoms. The Morgan fingerprint density at radius 3 is 2.89 bits per heavy atom. The van der Waals surface area contributed by atoms with Crippen molar-refractivity contribution < 1.29 is 9.90 Å². The van der Waals surface area contributed by atoms with Crippen LogP contribution in [0.3, 0.4) is 0 Å². The molecule has 1 heterocycles. The summed E-state index contributed by atoms with van der Waals surface area (Å²) in [6.07, 6.45) is 4.00. The van der Waals surface area contributed by atoms with Crippen molar-refractivity contribution in [2.24, 2.45) is 23.2 Å². The number of hydrogen-bond acceptors (Lipinski definition) is 5. The normalized spacial score (nSPS) is 45.5. The van der Waals surface area contributed by atoms with Crippen molar-refractivity contribution in [3.8, 4) is 0 Å². The Morgan fingerprint density at radius 2 is 2.32 bits per heavy atom. The number of aromatic nitrogens is 2. The lowest BCUT2D eigenvalue weighted by Crippen LogP contribution is -2.25. The van der Waals surface area contributed by atoms with Gasteiger partial charge in [0.1, 0.15) is 5.82 Å². The largest absolute Gasteiger partial charge is 0.393 e. The lowest BCUT2D eigenvalue weighted by Gasteiger charge is -2.09. The predicted molar refractivity (Wildman–Crippen MR) is 68.7 cm³/mol. The van der Waals surface area contributed by atoms with Crippen LogP contribution in [0.2, 0.25) is 0 Å². The monoisotopic (exact) mass is 277 g/mol. The molecule has 100 valence electrons. The molecular weight excluding hydrogens is 262 g/mol. The molecular formula is C13H15N3O2S. The van der Waals surface area contributed by atoms with Crippen molar-refractivity contribution >= 4 is 22.6 Å². The second kappa shape index (κ2) is 3.17. The van der Waals surface area contributed by atoms with E-state index in [1.54, 1.807) is 0 Å². The number of carbonyl (C=O) groups excluding carboxylic acids is 1. The van der Waals surface area contributed by atoms with E-state index in [0.29, 0.717) is 22.9 Å². The summed E-state index contributed by atoms with van der Waals surface area (Å²) in [6, 6.07) is 0. The van der Waals surface area contributed by atoms with Crippen LogP contribution >= 0.6 is 11.5 Å². The molecule has 0 spiro atoms. The number of nitrogens with one attached hydrogen (secondary N) is 1. The SMILES string of the molecule is O=C(Nc1nc(C2CC2)ns1)[C@]12C[C@@H]3C[C@@H]1C2[C@H]3O. The average Bonchev–Trinajstić information content (AvgIpc) is 3.15. The second-order valence-electron chi connectivity index (χ2n) is 6.55. The maximum Gasteiger partial charge on any atom is 0.233 e. The topological polar surface area (TPSA) is 75.1 Å². The zero-order chi connectivity index (χ0) is 12.8. The number of nitrogens with zero attached hydrogens (tertiary/aromatic N) is 2. The van der Waals surface area contributed by atoms with Gasteiger partial charge in [0.2, 0.25) is 11.0 Å². The van der Waals surface area contributed by atoms with Gasteiger partial charge in [0.25, 0.3) is 0 Å². The summed E-state index contributed by atoms with van der Waals surface area (Å²) in [7, 11) is 0. The van der Waals surface area contributed by atoms with Crippen LogP contribution in [0.1, 0.15) is 37.4 Å². The van der Waals surface area contributed by atoms with Crippen LogP contribution in [0.25, 0.3) is 0 Å². The van der Waals surface area contributed by atoms with Crippen LogP contribution in [0, 0.1) is 23.2 Å². The highest BCUT2D eigenvalue weighted by molar-refractivity contribution is 7.09. The van der Waals surface area contributed by atoms with E-state index in [1.807, 2.05) is 0 Å². The number of carbonyl (C=O) groups is 1. The van der Waals surface area contributed by atoms with E-state index in [1.165, 1.54) is 24.4 Å². The fourth-order valence-electron chi connectivity index (χ4n) is 4.55. The quantitative estimate of drug-likeness (QED) is 0.875. The highest BCUT2D eigenvalue weighted by Crippen LogP contribution is 2.79. The maximum atomic E-state index is 12.5. The number of hydrogen-bond donors (Lipinski definition) is 2. The zero-order valence-electron chi connectivity index (χ0n) is 10.4. The molecule has 5 nitrogen and oxygen atoms in total. The molecule has 0 radical (unpaired) electrons. The van der Waals surface area contributed by atoms with E-state index in [2.05, 4.69) is 14.7 Å². The first-order chi connectivity index (χ1) is 9.20. The van der Waals surface area contributed by atoms with Gasteiger partial charge in [0.05, 0.1) is 11.5 Å². The van der Waals surface area contributed by atoms with E-state index >= 15 is 0 Å². The van der Waals surface area contributed by atoms with Crippen molar-refractivity contribution in [3.05, 3.63) is 5.82 Å². The van der Waals surface area contributed by atoms with Gasteiger partial charge in [-0.15, -0.1) is 0 Å². The summed E-state index contributed by atoms with van der Waals surface area (Å²) >= 11 is 1.28. The van der Waals surface area contributed by atoms with Gasteiger partial charge >= 0.3 is 0 Å². The molecule has 1 aromatic heterocycles. The Kier molecular flexibility index (Phi) is 1.79. The first kappa shape index (κ1) is 10.7. The molecule has 1 aromatic rings. The second-order valence-corrected chi connectivity index (χ2v) is 7.30. The Balaban J connectivity index is 1.36. The number of aliphatic hydroxyl groups excluding tert-OH is 1. The van der Waals surface area contributed by atoms with Gasteiger partial charge in [-0.3, -0.25) is 4.79 Å². The lowest BCUT2D eigenvalue weighted by molar-refractivity contribution is -0.121. The van der Waals surface area contributed by atoms with Gasteiger partial charge < -0.3 is 10.4 Å². The Hall–Kier alpha value is -1.01. The molecule has 6 heteroatoms. The third-order valence-corrected chi connectivity index (χ3v) is 6.26. The van der Waals surface area contributed by atoms with Crippen LogP contribution in [0.5, 0.6) is 0 Å². The first-order valence-electron chi connectivity index (χ1n) is 7.03. The van der Waals surface area contributed by atoms with Gasteiger partial charge in [0.15, 0.2) is 0 Å². The fourth-order valence-corrected chi connectivity index (χ4v) is 5.20. The van der Waals surface area contributed by atoms with Crippen molar-refractivity contribution in [3.63, 3.8) is 0 Å². The van der Waals surface area contributed by atoms with Crippen LogP contribution in [0.4, 0.5) is 5.13 Å². The molecule has 6 rings (SSSR count). The average molecular weight is 277 g/mol. The first-order valence-corrected chi connectivity index (χ1v) is 7.80. The Morgan fingerprint density at radius 1 is 1.47 bits per heavy atom. The number of rotatable bonds is 3. The molecule has 2 N–H and O–H groups in total. The van der Waals surface area contributed by atoms with E-state index < -0.39 is 0 Å². The van der Waals surface area contributed by atoms with Gasteiger partial charge in [-0.1, -0.05) is 0 Å². The molecule has 19 heavy (non-hydrogen) atoms. The van der Waals surface area contributed by atoms with Crippen molar-refractivity contribution in [1.29, 1.82) is 0 Å². The van der Waals surface area contributed by atoms with E-state index in [9.17, 15) is 9.90 Å². The number of aliphatic hydroxyl groups is 1. The minimum Gasteiger partial charge on any atom is -0.393 e. The zero-order valence-corrected chi connectivity index (χ0v) is 11.2. The molecule has 5 aliphatic carbocycles. The van der Waals surface area contributed by atoms with Crippen LogP contribution in [-0.2, 0) is 4.79 Å². The van der Waals surface area contributed by atoms with Gasteiger partial charge in [-0.2, -0.15) is 4.37 Å². The third-order valence-electron chi connectivity index (χ3n) is 5.62. The molecule has 1 unspecified atom stereocenters. The molecule has 0 aromatic carbocycles. The molecule has 0 saturated heterocycles. The van der Waals surface area contributed by atoms with Crippen LogP contribution in [0.15, 0.2) is 0 Å². The highest BCUT2D eigenvalue weighted by atomic mass is 32.1. The summed E-state index contributed by atoms with van der Waals surface area (Å²) in [5.74, 6) is 2.48. The summed E-state index contributed by atoms with van der Waals surface area (Å²) < 4.78 is 4.31. The minimum atomic E-state index is -0.268. The molecule has 5 fully saturated rings. The summed E-state index contributed by atoms with van der Waals surface area (Å²) in [5, 5.41) is 13.6. The van der Waals surface area contributed by atoms with Gasteiger partial charge in [0, 0.05) is 23.4 Å². The van der Waals surface area contributed by atoms with E-state index in [0.717, 1.165) is 18.7 Å². The van der Waals surface area contributed by atoms with E-state index in [-0.39, 0.29) is 23.3 Å². The fraction of sp³-hybridized carbons (Fsp3) is 0.769. The van der Waals surface area contributed by atoms with Crippen LogP contribution in [-0.4, -0.2) is 26.5 Å². The lowest BCUT2D eigenvalue weighted by atomic mass is 10.0. The van der Waals surface area contributed by atoms with Crippen molar-refractivity contribution in [2.45, 2.75) is 37.7 Å². The predicted octanol–water partition coefficient (Wildman–Crippen LogP) is 1.37. The number of anilines is 1. The molecule has 5 atom stereocenters. The van der Waals surface area contributed by atoms with E-state index in [4.69, 9.17) is 0 Å². The smallest absolute Gasteiger partial charge is 0.233 e. The van der Waals surface area contributed by atoms with Crippen molar-refractivity contribution in [2.75, 3.05) is 5.32 Å². The molecule has 0 aliphatic heterocycles.